The van der Waals surface area contributed by atoms with Crippen molar-refractivity contribution in [2.45, 2.75) is 11.5 Å². The molecule has 0 N–H and O–H groups in total. The van der Waals surface area contributed by atoms with E-state index in [0.29, 0.717) is 0 Å². The minimum absolute atomic E-state index is 0.286. The monoisotopic (exact) mass is 266 g/mol. The summed E-state index contributed by atoms with van der Waals surface area (Å²) in [6.45, 7) is 0. The van der Waals surface area contributed by atoms with Gasteiger partial charge in [-0.05, 0) is 23.8 Å². The Bertz CT molecular complexity index is 527. The molecule has 0 saturated carbocycles. The van der Waals surface area contributed by atoms with Crippen molar-refractivity contribution >= 4 is 11.8 Å². The zero-order chi connectivity index (χ0) is 13.0. The Morgan fingerprint density at radius 2 is 2.17 bits per heavy atom. The molecule has 2 rings (SSSR count). The van der Waals surface area contributed by atoms with Gasteiger partial charge in [0.25, 0.3) is 0 Å². The third kappa shape index (κ3) is 3.26. The standard InChI is InChI=1S/C13H15FN2OS/c1-16-6-5-11(15-16)9-18-8-10-3-4-13(17-2)12(14)7-10/h3-7H,8-9H2,1-2H3. The van der Waals surface area contributed by atoms with Gasteiger partial charge in [-0.25, -0.2) is 4.39 Å². The number of methoxy groups -OCH3 is 1. The maximum Gasteiger partial charge on any atom is 0.165 e. The van der Waals surface area contributed by atoms with E-state index in [-0.39, 0.29) is 11.6 Å². The van der Waals surface area contributed by atoms with Crippen LogP contribution in [0.2, 0.25) is 0 Å². The minimum atomic E-state index is -0.312. The molecule has 3 nitrogen and oxygen atoms in total. The molecule has 0 aliphatic carbocycles. The summed E-state index contributed by atoms with van der Waals surface area (Å²) in [6, 6.07) is 7.05. The molecule has 5 heteroatoms. The van der Waals surface area contributed by atoms with Crippen molar-refractivity contribution in [1.29, 1.82) is 0 Å². The Hall–Kier alpha value is -1.49. The second-order valence-electron chi connectivity index (χ2n) is 3.94. The summed E-state index contributed by atoms with van der Waals surface area (Å²) in [6.07, 6.45) is 1.92. The summed E-state index contributed by atoms with van der Waals surface area (Å²) in [5.74, 6) is 1.56. The average Bonchev–Trinajstić information content (AvgIpc) is 2.75. The van der Waals surface area contributed by atoms with Gasteiger partial charge < -0.3 is 4.74 Å². The summed E-state index contributed by atoms with van der Waals surface area (Å²) in [5.41, 5.74) is 1.99. The van der Waals surface area contributed by atoms with E-state index in [1.807, 2.05) is 25.4 Å². The van der Waals surface area contributed by atoms with Crippen LogP contribution in [-0.2, 0) is 18.6 Å². The van der Waals surface area contributed by atoms with Crippen LogP contribution in [0, 0.1) is 5.82 Å². The van der Waals surface area contributed by atoms with Gasteiger partial charge in [0.05, 0.1) is 12.8 Å². The van der Waals surface area contributed by atoms with Gasteiger partial charge in [0.2, 0.25) is 0 Å². The van der Waals surface area contributed by atoms with Crippen LogP contribution in [0.15, 0.2) is 30.5 Å². The van der Waals surface area contributed by atoms with Crippen molar-refractivity contribution in [1.82, 2.24) is 9.78 Å². The fourth-order valence-corrected chi connectivity index (χ4v) is 2.49. The van der Waals surface area contributed by atoms with Crippen molar-refractivity contribution in [3.63, 3.8) is 0 Å². The highest BCUT2D eigenvalue weighted by Gasteiger charge is 2.04. The third-order valence-corrected chi connectivity index (χ3v) is 3.54. The number of halogens is 1. The van der Waals surface area contributed by atoms with Gasteiger partial charge in [0.1, 0.15) is 0 Å². The van der Waals surface area contributed by atoms with Crippen molar-refractivity contribution in [2.75, 3.05) is 7.11 Å². The van der Waals surface area contributed by atoms with Crippen LogP contribution in [0.25, 0.3) is 0 Å². The summed E-state index contributed by atoms with van der Waals surface area (Å²) >= 11 is 1.71. The minimum Gasteiger partial charge on any atom is -0.494 e. The molecule has 0 unspecified atom stereocenters. The second-order valence-corrected chi connectivity index (χ2v) is 4.93. The van der Waals surface area contributed by atoms with Crippen molar-refractivity contribution in [3.8, 4) is 5.75 Å². The Labute approximate surface area is 110 Å². The van der Waals surface area contributed by atoms with E-state index in [0.717, 1.165) is 22.8 Å². The van der Waals surface area contributed by atoms with E-state index < -0.39 is 0 Å². The summed E-state index contributed by atoms with van der Waals surface area (Å²) in [4.78, 5) is 0. The van der Waals surface area contributed by atoms with Crippen LogP contribution in [0.5, 0.6) is 5.75 Å². The first-order valence-electron chi connectivity index (χ1n) is 5.57. The lowest BCUT2D eigenvalue weighted by Crippen LogP contribution is -1.91. The molecule has 0 aliphatic rings. The van der Waals surface area contributed by atoms with E-state index in [4.69, 9.17) is 4.74 Å². The highest BCUT2D eigenvalue weighted by Crippen LogP contribution is 2.22. The lowest BCUT2D eigenvalue weighted by Gasteiger charge is -2.04. The molecule has 2 aromatic rings. The van der Waals surface area contributed by atoms with Crippen LogP contribution in [0.3, 0.4) is 0 Å². The van der Waals surface area contributed by atoms with Crippen molar-refractivity contribution in [2.24, 2.45) is 7.05 Å². The fourth-order valence-electron chi connectivity index (χ4n) is 1.61. The number of aryl methyl sites for hydroxylation is 1. The van der Waals surface area contributed by atoms with Gasteiger partial charge in [0.15, 0.2) is 11.6 Å². The Kier molecular flexibility index (Phi) is 4.25. The Balaban J connectivity index is 1.88. The van der Waals surface area contributed by atoms with Gasteiger partial charge in [-0.3, -0.25) is 4.68 Å². The molecule has 0 atom stereocenters. The zero-order valence-electron chi connectivity index (χ0n) is 10.4. The molecule has 0 amide bonds. The summed E-state index contributed by atoms with van der Waals surface area (Å²) < 4.78 is 20.1. The third-order valence-electron chi connectivity index (χ3n) is 2.50. The van der Waals surface area contributed by atoms with E-state index in [1.165, 1.54) is 13.2 Å². The number of hydrogen-bond acceptors (Lipinski definition) is 3. The van der Waals surface area contributed by atoms with Crippen LogP contribution in [0.1, 0.15) is 11.3 Å². The second kappa shape index (κ2) is 5.91. The predicted molar refractivity (Wildman–Crippen MR) is 71.2 cm³/mol. The lowest BCUT2D eigenvalue weighted by molar-refractivity contribution is 0.386. The van der Waals surface area contributed by atoms with E-state index in [1.54, 1.807) is 22.5 Å². The average molecular weight is 266 g/mol. The van der Waals surface area contributed by atoms with Crippen LogP contribution in [0.4, 0.5) is 4.39 Å². The maximum atomic E-state index is 13.5. The van der Waals surface area contributed by atoms with Gasteiger partial charge >= 0.3 is 0 Å². The predicted octanol–water partition coefficient (Wildman–Crippen LogP) is 3.00. The van der Waals surface area contributed by atoms with E-state index in [2.05, 4.69) is 5.10 Å². The number of aromatic nitrogens is 2. The SMILES string of the molecule is COc1ccc(CSCc2ccn(C)n2)cc1F. The highest BCUT2D eigenvalue weighted by atomic mass is 32.2. The van der Waals surface area contributed by atoms with E-state index in [9.17, 15) is 4.39 Å². The van der Waals surface area contributed by atoms with Gasteiger partial charge in [-0.15, -0.1) is 0 Å². The first-order valence-corrected chi connectivity index (χ1v) is 6.73. The summed E-state index contributed by atoms with van der Waals surface area (Å²) in [7, 11) is 3.36. The first-order chi connectivity index (χ1) is 8.69. The highest BCUT2D eigenvalue weighted by molar-refractivity contribution is 7.97. The largest absolute Gasteiger partial charge is 0.494 e. The molecular formula is C13H15FN2OS. The van der Waals surface area contributed by atoms with E-state index >= 15 is 0 Å². The van der Waals surface area contributed by atoms with Crippen LogP contribution >= 0.6 is 11.8 Å². The van der Waals surface area contributed by atoms with Crippen molar-refractivity contribution < 1.29 is 9.13 Å². The van der Waals surface area contributed by atoms with Gasteiger partial charge in [0, 0.05) is 24.8 Å². The molecule has 1 aromatic heterocycles. The normalized spacial score (nSPS) is 10.6. The van der Waals surface area contributed by atoms with Gasteiger partial charge in [-0.1, -0.05) is 6.07 Å². The molecule has 0 bridgehead atoms. The molecule has 1 heterocycles. The lowest BCUT2D eigenvalue weighted by atomic mass is 10.2. The van der Waals surface area contributed by atoms with Crippen LogP contribution in [-0.4, -0.2) is 16.9 Å². The number of rotatable bonds is 5. The molecular weight excluding hydrogens is 251 g/mol. The number of ether oxygens (including phenoxy) is 1. The molecule has 1 aromatic carbocycles. The number of hydrogen-bond donors (Lipinski definition) is 0. The van der Waals surface area contributed by atoms with Gasteiger partial charge in [-0.2, -0.15) is 16.9 Å². The maximum absolute atomic E-state index is 13.5. The molecule has 18 heavy (non-hydrogen) atoms. The molecule has 96 valence electrons. The van der Waals surface area contributed by atoms with Crippen molar-refractivity contribution in [3.05, 3.63) is 47.5 Å². The molecule has 0 aliphatic heterocycles. The summed E-state index contributed by atoms with van der Waals surface area (Å²) in [5, 5.41) is 4.29. The Morgan fingerprint density at radius 3 is 2.78 bits per heavy atom. The first kappa shape index (κ1) is 13.0. The number of nitrogens with zero attached hydrogens (tertiary/aromatic N) is 2. The topological polar surface area (TPSA) is 27.1 Å². The van der Waals surface area contributed by atoms with Crippen LogP contribution < -0.4 is 4.74 Å². The molecule has 0 fully saturated rings. The molecule has 0 saturated heterocycles. The molecule has 0 radical (unpaired) electrons. The number of thioether (sulfide) groups is 1. The quantitative estimate of drug-likeness (QED) is 0.832. The molecule has 0 spiro atoms. The smallest absolute Gasteiger partial charge is 0.165 e. The fraction of sp³-hybridized carbons (Fsp3) is 0.308. The Morgan fingerprint density at radius 1 is 1.33 bits per heavy atom. The zero-order valence-corrected chi connectivity index (χ0v) is 11.2. The number of benzene rings is 1.